The minimum absolute atomic E-state index is 0.0357. The summed E-state index contributed by atoms with van der Waals surface area (Å²) < 4.78 is 36.5. The van der Waals surface area contributed by atoms with Crippen molar-refractivity contribution in [2.24, 2.45) is 0 Å². The Balaban J connectivity index is 1.49. The topological polar surface area (TPSA) is 100 Å². The third-order valence-corrected chi connectivity index (χ3v) is 7.12. The lowest BCUT2D eigenvalue weighted by Gasteiger charge is -2.29. The number of benzene rings is 1. The van der Waals surface area contributed by atoms with Crippen molar-refractivity contribution in [1.82, 2.24) is 10.2 Å². The van der Waals surface area contributed by atoms with Crippen molar-refractivity contribution in [2.75, 3.05) is 43.6 Å². The van der Waals surface area contributed by atoms with Gasteiger partial charge in [-0.3, -0.25) is 19.3 Å². The minimum atomic E-state index is -3.12. The maximum absolute atomic E-state index is 13.2. The first kappa shape index (κ1) is 26.3. The van der Waals surface area contributed by atoms with Gasteiger partial charge in [0.15, 0.2) is 5.75 Å². The number of carbonyl (C=O) groups excluding carboxylic acids is 3. The normalized spacial score (nSPS) is 16.8. The van der Waals surface area contributed by atoms with Crippen molar-refractivity contribution >= 4 is 52.0 Å². The Labute approximate surface area is 215 Å². The molecule has 36 heavy (non-hydrogen) atoms. The van der Waals surface area contributed by atoms with E-state index >= 15 is 0 Å². The Bertz CT molecular complexity index is 1130. The smallest absolute Gasteiger partial charge is 0.387 e. The fraction of sp³-hybridized carbons (Fsp3) is 0.435. The van der Waals surface area contributed by atoms with Gasteiger partial charge in [0.25, 0.3) is 11.8 Å². The predicted octanol–water partition coefficient (Wildman–Crippen LogP) is 3.20. The van der Waals surface area contributed by atoms with E-state index in [0.717, 1.165) is 24.2 Å². The number of thiophene rings is 1. The van der Waals surface area contributed by atoms with Crippen LogP contribution in [0.25, 0.3) is 0 Å². The van der Waals surface area contributed by atoms with Crippen molar-refractivity contribution in [3.05, 3.63) is 39.5 Å². The summed E-state index contributed by atoms with van der Waals surface area (Å²) in [6, 6.07) is 6.93. The van der Waals surface area contributed by atoms with Gasteiger partial charge in [-0.05, 0) is 44.2 Å². The molecule has 0 radical (unpaired) electrons. The summed E-state index contributed by atoms with van der Waals surface area (Å²) in [5.41, 5.74) is 0.376. The Morgan fingerprint density at radius 2 is 2.08 bits per heavy atom. The largest absolute Gasteiger partial charge is 0.433 e. The van der Waals surface area contributed by atoms with E-state index in [1.165, 1.54) is 23.1 Å². The number of hydrogen-bond acceptors (Lipinski definition) is 7. The maximum Gasteiger partial charge on any atom is 0.387 e. The van der Waals surface area contributed by atoms with E-state index in [2.05, 4.69) is 15.4 Å². The van der Waals surface area contributed by atoms with E-state index in [0.29, 0.717) is 9.21 Å². The van der Waals surface area contributed by atoms with Gasteiger partial charge in [-0.2, -0.15) is 8.78 Å². The van der Waals surface area contributed by atoms with E-state index in [1.807, 2.05) is 4.90 Å². The summed E-state index contributed by atoms with van der Waals surface area (Å²) >= 11 is 7.04. The zero-order valence-electron chi connectivity index (χ0n) is 19.3. The van der Waals surface area contributed by atoms with Crippen LogP contribution in [0.2, 0.25) is 4.34 Å². The minimum Gasteiger partial charge on any atom is -0.433 e. The van der Waals surface area contributed by atoms with Crippen molar-refractivity contribution in [3.8, 4) is 5.75 Å². The third-order valence-electron chi connectivity index (χ3n) is 5.89. The highest BCUT2D eigenvalue weighted by atomic mass is 35.5. The van der Waals surface area contributed by atoms with Crippen LogP contribution in [0, 0.1) is 0 Å². The molecule has 0 unspecified atom stereocenters. The highest BCUT2D eigenvalue weighted by Gasteiger charge is 2.35. The number of alkyl halides is 2. The molecule has 3 amide bonds. The van der Waals surface area contributed by atoms with Gasteiger partial charge in [0.1, 0.15) is 12.6 Å². The van der Waals surface area contributed by atoms with Crippen LogP contribution in [-0.2, 0) is 14.3 Å². The molecule has 1 saturated heterocycles. The molecule has 0 bridgehead atoms. The van der Waals surface area contributed by atoms with Crippen LogP contribution in [0.3, 0.4) is 0 Å². The van der Waals surface area contributed by atoms with E-state index in [-0.39, 0.29) is 61.3 Å². The molecule has 194 valence electrons. The molecule has 1 saturated carbocycles. The summed E-state index contributed by atoms with van der Waals surface area (Å²) in [5.74, 6) is -1.40. The fourth-order valence-corrected chi connectivity index (χ4v) is 4.83. The molecule has 1 aromatic carbocycles. The quantitative estimate of drug-likeness (QED) is 0.478. The van der Waals surface area contributed by atoms with Gasteiger partial charge in [-0.1, -0.05) is 11.6 Å². The average Bonchev–Trinajstić information content (AvgIpc) is 3.59. The lowest BCUT2D eigenvalue weighted by molar-refractivity contribution is -0.126. The van der Waals surface area contributed by atoms with Crippen LogP contribution in [-0.4, -0.2) is 74.7 Å². The summed E-state index contributed by atoms with van der Waals surface area (Å²) in [6.45, 7) is -2.80. The lowest BCUT2D eigenvalue weighted by Crippen LogP contribution is -2.50. The molecule has 1 aliphatic heterocycles. The van der Waals surface area contributed by atoms with E-state index in [4.69, 9.17) is 16.3 Å². The number of ether oxygens (including phenoxy) is 2. The molecule has 2 aliphatic rings. The highest BCUT2D eigenvalue weighted by Crippen LogP contribution is 2.34. The first-order chi connectivity index (χ1) is 17.2. The molecule has 2 heterocycles. The number of nitrogens with zero attached hydrogens (tertiary/aromatic N) is 2. The number of hydrogen-bond donors (Lipinski definition) is 2. The molecular formula is C23H25ClF2N4O5S. The molecule has 13 heteroatoms. The lowest BCUT2D eigenvalue weighted by atomic mass is 10.2. The van der Waals surface area contributed by atoms with Crippen LogP contribution in [0.15, 0.2) is 30.3 Å². The third kappa shape index (κ3) is 6.49. The molecule has 2 fully saturated rings. The van der Waals surface area contributed by atoms with E-state index < -0.39 is 18.6 Å². The SMILES string of the molecule is CN(C1CC1)[C@@H](CNC(=O)c1ccc(Cl)s1)C(=O)Nc1ccc(N2CCOCC2=O)c(OC(F)F)c1. The first-order valence-corrected chi connectivity index (χ1v) is 12.5. The number of morpholine rings is 1. The fourth-order valence-electron chi connectivity index (χ4n) is 3.87. The number of likely N-dealkylation sites (N-methyl/N-ethyl adjacent to an activating group) is 1. The Morgan fingerprint density at radius 3 is 2.72 bits per heavy atom. The van der Waals surface area contributed by atoms with Gasteiger partial charge in [-0.15, -0.1) is 11.3 Å². The summed E-state index contributed by atoms with van der Waals surface area (Å²) in [4.78, 5) is 41.5. The van der Waals surface area contributed by atoms with Gasteiger partial charge in [0, 0.05) is 30.9 Å². The summed E-state index contributed by atoms with van der Waals surface area (Å²) in [5, 5.41) is 5.49. The molecule has 2 N–H and O–H groups in total. The summed E-state index contributed by atoms with van der Waals surface area (Å²) in [7, 11) is 1.80. The van der Waals surface area contributed by atoms with Crippen molar-refractivity contribution in [3.63, 3.8) is 0 Å². The number of carbonyl (C=O) groups is 3. The maximum atomic E-state index is 13.2. The van der Waals surface area contributed by atoms with Gasteiger partial charge in [-0.25, -0.2) is 0 Å². The van der Waals surface area contributed by atoms with Crippen LogP contribution in [0.4, 0.5) is 20.2 Å². The van der Waals surface area contributed by atoms with Crippen molar-refractivity contribution in [2.45, 2.75) is 31.5 Å². The van der Waals surface area contributed by atoms with Crippen LogP contribution in [0.5, 0.6) is 5.75 Å². The van der Waals surface area contributed by atoms with Crippen LogP contribution < -0.4 is 20.3 Å². The van der Waals surface area contributed by atoms with E-state index in [1.54, 1.807) is 19.2 Å². The highest BCUT2D eigenvalue weighted by molar-refractivity contribution is 7.18. The van der Waals surface area contributed by atoms with Gasteiger partial charge in [0.05, 0.1) is 21.5 Å². The van der Waals surface area contributed by atoms with Crippen LogP contribution >= 0.6 is 22.9 Å². The monoisotopic (exact) mass is 542 g/mol. The molecular weight excluding hydrogens is 518 g/mol. The summed E-state index contributed by atoms with van der Waals surface area (Å²) in [6.07, 6.45) is 1.87. The number of anilines is 2. The number of rotatable bonds is 10. The van der Waals surface area contributed by atoms with Gasteiger partial charge < -0.3 is 25.0 Å². The van der Waals surface area contributed by atoms with Crippen molar-refractivity contribution < 1.29 is 32.6 Å². The Morgan fingerprint density at radius 1 is 1.31 bits per heavy atom. The van der Waals surface area contributed by atoms with Crippen LogP contribution in [0.1, 0.15) is 22.5 Å². The zero-order valence-corrected chi connectivity index (χ0v) is 20.9. The second-order valence-electron chi connectivity index (χ2n) is 8.37. The first-order valence-electron chi connectivity index (χ1n) is 11.3. The molecule has 1 atom stereocenters. The molecule has 1 aromatic heterocycles. The molecule has 9 nitrogen and oxygen atoms in total. The number of amides is 3. The molecule has 1 aliphatic carbocycles. The average molecular weight is 543 g/mol. The second-order valence-corrected chi connectivity index (χ2v) is 10.1. The van der Waals surface area contributed by atoms with E-state index in [9.17, 15) is 23.2 Å². The van der Waals surface area contributed by atoms with Crippen molar-refractivity contribution in [1.29, 1.82) is 0 Å². The molecule has 0 spiro atoms. The Hall–Kier alpha value is -2.80. The standard InChI is InChI=1S/C23H25ClF2N4O5S/c1-29(14-3-4-14)16(11-27-22(33)18-6-7-19(24)36-18)21(32)28-13-2-5-15(17(10-13)35-23(25)26)30-8-9-34-12-20(30)31/h2,5-7,10,14,16,23H,3-4,8-9,11-12H2,1H3,(H,27,33)(H,28,32)/t16-/m0/s1. The Kier molecular flexibility index (Phi) is 8.39. The number of halogens is 3. The number of nitrogens with one attached hydrogen (secondary N) is 2. The second kappa shape index (κ2) is 11.5. The van der Waals surface area contributed by atoms with Gasteiger partial charge in [0.2, 0.25) is 5.91 Å². The van der Waals surface area contributed by atoms with Gasteiger partial charge >= 0.3 is 6.61 Å². The zero-order chi connectivity index (χ0) is 25.8. The predicted molar refractivity (Wildman–Crippen MR) is 131 cm³/mol. The molecule has 4 rings (SSSR count). The molecule has 2 aromatic rings.